The highest BCUT2D eigenvalue weighted by Crippen LogP contribution is 2.23. The Balaban J connectivity index is 1.47. The lowest BCUT2D eigenvalue weighted by Gasteiger charge is -2.38. The molecule has 3 rings (SSSR count). The second-order valence-corrected chi connectivity index (χ2v) is 7.60. The number of nitrogens with one attached hydrogen (secondary N) is 1. The molecule has 4 amide bonds. The van der Waals surface area contributed by atoms with Crippen molar-refractivity contribution in [3.8, 4) is 5.75 Å². The van der Waals surface area contributed by atoms with Crippen LogP contribution in [0, 0.1) is 0 Å². The van der Waals surface area contributed by atoms with Crippen molar-refractivity contribution in [3.05, 3.63) is 29.8 Å². The van der Waals surface area contributed by atoms with Crippen LogP contribution >= 0.6 is 0 Å². The normalized spacial score (nSPS) is 21.2. The first kappa shape index (κ1) is 21.6. The predicted octanol–water partition coefficient (Wildman–Crippen LogP) is 1.56. The van der Waals surface area contributed by atoms with E-state index in [-0.39, 0.29) is 36.7 Å². The molecule has 2 unspecified atom stereocenters. The first-order chi connectivity index (χ1) is 14.4. The molecule has 0 spiro atoms. The molecule has 30 heavy (non-hydrogen) atoms. The third-order valence-electron chi connectivity index (χ3n) is 5.42. The molecule has 9 nitrogen and oxygen atoms in total. The molecule has 2 heterocycles. The van der Waals surface area contributed by atoms with Crippen LogP contribution in [0.15, 0.2) is 24.3 Å². The number of esters is 1. The van der Waals surface area contributed by atoms with E-state index in [2.05, 4.69) is 19.2 Å². The molecule has 1 aromatic rings. The molecule has 1 N–H and O–H groups in total. The molecule has 1 aromatic carbocycles. The maximum Gasteiger partial charge on any atom is 0.338 e. The van der Waals surface area contributed by atoms with Gasteiger partial charge in [0.1, 0.15) is 5.75 Å². The summed E-state index contributed by atoms with van der Waals surface area (Å²) in [5.41, 5.74) is 0.241. The zero-order valence-electron chi connectivity index (χ0n) is 17.3. The molecule has 9 heteroatoms. The summed E-state index contributed by atoms with van der Waals surface area (Å²) in [7, 11) is 0. The molecule has 2 atom stereocenters. The van der Waals surface area contributed by atoms with Crippen molar-refractivity contribution in [1.82, 2.24) is 15.1 Å². The highest BCUT2D eigenvalue weighted by Gasteiger charge is 2.29. The van der Waals surface area contributed by atoms with Gasteiger partial charge in [-0.3, -0.25) is 14.5 Å². The van der Waals surface area contributed by atoms with E-state index >= 15 is 0 Å². The number of hydrogen-bond donors (Lipinski definition) is 1. The summed E-state index contributed by atoms with van der Waals surface area (Å²) in [6.45, 7) is 4.17. The van der Waals surface area contributed by atoms with Gasteiger partial charge in [-0.05, 0) is 57.4 Å². The highest BCUT2D eigenvalue weighted by molar-refractivity contribution is 5.98. The summed E-state index contributed by atoms with van der Waals surface area (Å²) in [6, 6.07) is 6.07. The number of imide groups is 1. The molecule has 2 aliphatic heterocycles. The van der Waals surface area contributed by atoms with E-state index in [1.807, 2.05) is 4.90 Å². The Kier molecular flexibility index (Phi) is 6.91. The standard InChI is InChI=1S/C21H27N3O6/c1-14-4-3-5-15(2)24(14)19(26)13-29-17-8-6-16(7-9-17)20(27)30-12-18(25)23-11-10-22-21(23)28/h6-9,14-15H,3-5,10-13H2,1-2H3,(H,22,28). The van der Waals surface area contributed by atoms with E-state index in [0.717, 1.165) is 24.2 Å². The van der Waals surface area contributed by atoms with Crippen molar-refractivity contribution < 1.29 is 28.7 Å². The number of piperidine rings is 1. The lowest BCUT2D eigenvalue weighted by molar-refractivity contribution is -0.139. The van der Waals surface area contributed by atoms with Gasteiger partial charge in [-0.25, -0.2) is 9.59 Å². The summed E-state index contributed by atoms with van der Waals surface area (Å²) in [5.74, 6) is -0.843. The Hall–Kier alpha value is -3.10. The molecule has 2 fully saturated rings. The van der Waals surface area contributed by atoms with Gasteiger partial charge in [-0.2, -0.15) is 0 Å². The second-order valence-electron chi connectivity index (χ2n) is 7.60. The molecule has 2 saturated heterocycles. The number of rotatable bonds is 6. The minimum absolute atomic E-state index is 0.0531. The number of ether oxygens (including phenoxy) is 2. The zero-order chi connectivity index (χ0) is 21.7. The largest absolute Gasteiger partial charge is 0.484 e. The Morgan fingerprint density at radius 3 is 2.30 bits per heavy atom. The number of urea groups is 1. The number of likely N-dealkylation sites (tertiary alicyclic amines) is 1. The van der Waals surface area contributed by atoms with Crippen LogP contribution in [-0.4, -0.2) is 72.0 Å². The van der Waals surface area contributed by atoms with E-state index in [1.165, 1.54) is 12.1 Å². The van der Waals surface area contributed by atoms with Gasteiger partial charge in [0.15, 0.2) is 13.2 Å². The van der Waals surface area contributed by atoms with Gasteiger partial charge < -0.3 is 19.7 Å². The molecule has 162 valence electrons. The fourth-order valence-corrected chi connectivity index (χ4v) is 3.82. The SMILES string of the molecule is CC1CCCC(C)N1C(=O)COc1ccc(C(=O)OCC(=O)N2CCNC2=O)cc1. The van der Waals surface area contributed by atoms with Crippen LogP contribution < -0.4 is 10.1 Å². The van der Waals surface area contributed by atoms with Crippen molar-refractivity contribution in [2.75, 3.05) is 26.3 Å². The minimum Gasteiger partial charge on any atom is -0.484 e. The van der Waals surface area contributed by atoms with Crippen molar-refractivity contribution in [3.63, 3.8) is 0 Å². The predicted molar refractivity (Wildman–Crippen MR) is 107 cm³/mol. The first-order valence-corrected chi connectivity index (χ1v) is 10.2. The average Bonchev–Trinajstić information content (AvgIpc) is 3.16. The smallest absolute Gasteiger partial charge is 0.338 e. The monoisotopic (exact) mass is 417 g/mol. The third-order valence-corrected chi connectivity index (χ3v) is 5.42. The number of nitrogens with zero attached hydrogens (tertiary/aromatic N) is 2. The van der Waals surface area contributed by atoms with E-state index in [1.54, 1.807) is 12.1 Å². The number of benzene rings is 1. The molecule has 0 saturated carbocycles. The van der Waals surface area contributed by atoms with E-state index < -0.39 is 24.5 Å². The van der Waals surface area contributed by atoms with Gasteiger partial charge in [-0.1, -0.05) is 0 Å². The molecular weight excluding hydrogens is 390 g/mol. The lowest BCUT2D eigenvalue weighted by Crippen LogP contribution is -2.49. The Morgan fingerprint density at radius 1 is 1.03 bits per heavy atom. The molecule has 0 aromatic heterocycles. The fourth-order valence-electron chi connectivity index (χ4n) is 3.82. The van der Waals surface area contributed by atoms with Gasteiger partial charge in [0, 0.05) is 25.2 Å². The fraction of sp³-hybridized carbons (Fsp3) is 0.524. The maximum absolute atomic E-state index is 12.5. The van der Waals surface area contributed by atoms with Crippen molar-refractivity contribution in [1.29, 1.82) is 0 Å². The second kappa shape index (κ2) is 9.60. The third kappa shape index (κ3) is 5.08. The quantitative estimate of drug-likeness (QED) is 0.705. The molecular formula is C21H27N3O6. The van der Waals surface area contributed by atoms with Crippen molar-refractivity contribution in [2.24, 2.45) is 0 Å². The number of carbonyl (C=O) groups excluding carboxylic acids is 4. The van der Waals surface area contributed by atoms with E-state index in [9.17, 15) is 19.2 Å². The van der Waals surface area contributed by atoms with Crippen LogP contribution in [0.4, 0.5) is 4.79 Å². The van der Waals surface area contributed by atoms with Crippen LogP contribution in [0.25, 0.3) is 0 Å². The number of amides is 4. The lowest BCUT2D eigenvalue weighted by atomic mass is 9.97. The van der Waals surface area contributed by atoms with Crippen LogP contribution in [0.1, 0.15) is 43.5 Å². The topological polar surface area (TPSA) is 105 Å². The van der Waals surface area contributed by atoms with Crippen LogP contribution in [0.2, 0.25) is 0 Å². The summed E-state index contributed by atoms with van der Waals surface area (Å²) < 4.78 is 10.6. The Morgan fingerprint density at radius 2 is 1.70 bits per heavy atom. The highest BCUT2D eigenvalue weighted by atomic mass is 16.5. The summed E-state index contributed by atoms with van der Waals surface area (Å²) >= 11 is 0. The zero-order valence-corrected chi connectivity index (χ0v) is 17.3. The summed E-state index contributed by atoms with van der Waals surface area (Å²) in [5, 5.41) is 2.51. The minimum atomic E-state index is -0.679. The first-order valence-electron chi connectivity index (χ1n) is 10.2. The van der Waals surface area contributed by atoms with Gasteiger partial charge in [0.25, 0.3) is 11.8 Å². The van der Waals surface area contributed by atoms with Gasteiger partial charge in [-0.15, -0.1) is 0 Å². The van der Waals surface area contributed by atoms with Crippen LogP contribution in [-0.2, 0) is 14.3 Å². The molecule has 2 aliphatic rings. The van der Waals surface area contributed by atoms with Gasteiger partial charge >= 0.3 is 12.0 Å². The summed E-state index contributed by atoms with van der Waals surface area (Å²) in [6.07, 6.45) is 3.12. The van der Waals surface area contributed by atoms with Crippen molar-refractivity contribution in [2.45, 2.75) is 45.2 Å². The van der Waals surface area contributed by atoms with Crippen LogP contribution in [0.5, 0.6) is 5.75 Å². The van der Waals surface area contributed by atoms with Gasteiger partial charge in [0.2, 0.25) is 0 Å². The molecule has 0 bridgehead atoms. The Labute approximate surface area is 175 Å². The Bertz CT molecular complexity index is 799. The molecule has 0 aliphatic carbocycles. The maximum atomic E-state index is 12.5. The van der Waals surface area contributed by atoms with Crippen molar-refractivity contribution >= 4 is 23.8 Å². The average molecular weight is 417 g/mol. The number of hydrogen-bond acceptors (Lipinski definition) is 6. The molecule has 0 radical (unpaired) electrons. The van der Waals surface area contributed by atoms with Crippen LogP contribution in [0.3, 0.4) is 0 Å². The van der Waals surface area contributed by atoms with Gasteiger partial charge in [0.05, 0.1) is 5.56 Å². The summed E-state index contributed by atoms with van der Waals surface area (Å²) in [4.78, 5) is 50.8. The van der Waals surface area contributed by atoms with E-state index in [0.29, 0.717) is 12.3 Å². The van der Waals surface area contributed by atoms with E-state index in [4.69, 9.17) is 9.47 Å². The number of carbonyl (C=O) groups is 4.